The molecular weight excluding hydrogens is 296 g/mol. The van der Waals surface area contributed by atoms with Crippen LogP contribution in [-0.4, -0.2) is 62.9 Å². The molecule has 6 N–H and O–H groups in total. The molecule has 5 atom stereocenters. The molecule has 1 aromatic rings. The maximum Gasteiger partial charge on any atom is 0.335 e. The Morgan fingerprint density at radius 1 is 1.14 bits per heavy atom. The van der Waals surface area contributed by atoms with Crippen LogP contribution in [0.1, 0.15) is 5.56 Å². The summed E-state index contributed by atoms with van der Waals surface area (Å²) in [7, 11) is 0. The van der Waals surface area contributed by atoms with E-state index in [4.69, 9.17) is 20.4 Å². The first-order valence-corrected chi connectivity index (χ1v) is 6.39. The van der Waals surface area contributed by atoms with Crippen molar-refractivity contribution in [3.63, 3.8) is 0 Å². The van der Waals surface area contributed by atoms with Gasteiger partial charge in [-0.1, -0.05) is 35.5 Å². The van der Waals surface area contributed by atoms with Gasteiger partial charge in [0, 0.05) is 5.56 Å². The van der Waals surface area contributed by atoms with E-state index in [-0.39, 0.29) is 5.84 Å². The summed E-state index contributed by atoms with van der Waals surface area (Å²) in [5.74, 6) is -1.53. The lowest BCUT2D eigenvalue weighted by atomic mass is 9.99. The molecule has 0 aromatic heterocycles. The molecule has 0 spiro atoms. The third-order valence-electron chi connectivity index (χ3n) is 3.14. The topological polar surface area (TPSA) is 155 Å². The second-order valence-corrected chi connectivity index (χ2v) is 4.68. The largest absolute Gasteiger partial charge is 0.479 e. The fourth-order valence-electron chi connectivity index (χ4n) is 1.91. The first-order chi connectivity index (χ1) is 10.4. The van der Waals surface area contributed by atoms with Crippen LogP contribution in [0.2, 0.25) is 0 Å². The second kappa shape index (κ2) is 6.71. The Bertz CT molecular complexity index is 551. The van der Waals surface area contributed by atoms with E-state index in [0.29, 0.717) is 5.56 Å². The Hall–Kier alpha value is -2.20. The predicted molar refractivity (Wildman–Crippen MR) is 72.6 cm³/mol. The van der Waals surface area contributed by atoms with Crippen LogP contribution in [0.15, 0.2) is 35.5 Å². The summed E-state index contributed by atoms with van der Waals surface area (Å²) in [5, 5.41) is 41.3. The van der Waals surface area contributed by atoms with Gasteiger partial charge in [0.1, 0.15) is 18.3 Å². The Balaban J connectivity index is 2.09. The van der Waals surface area contributed by atoms with Gasteiger partial charge < -0.3 is 35.7 Å². The molecule has 1 saturated heterocycles. The van der Waals surface area contributed by atoms with Crippen molar-refractivity contribution in [2.24, 2.45) is 10.9 Å². The summed E-state index contributed by atoms with van der Waals surface area (Å²) in [5.41, 5.74) is 6.22. The number of amidine groups is 1. The number of ether oxygens (including phenoxy) is 1. The van der Waals surface area contributed by atoms with Gasteiger partial charge in [0.05, 0.1) is 0 Å². The van der Waals surface area contributed by atoms with Crippen molar-refractivity contribution in [2.75, 3.05) is 0 Å². The van der Waals surface area contributed by atoms with Gasteiger partial charge in [-0.05, 0) is 0 Å². The van der Waals surface area contributed by atoms with Gasteiger partial charge in [-0.15, -0.1) is 0 Å². The van der Waals surface area contributed by atoms with Crippen LogP contribution < -0.4 is 5.73 Å². The SMILES string of the molecule is NC(=NOC1O[C@H](C(=O)O)[C@@H](O)[C@H](O)[C@H]1O)c1ccccc1. The fourth-order valence-corrected chi connectivity index (χ4v) is 1.91. The molecule has 0 saturated carbocycles. The zero-order valence-corrected chi connectivity index (χ0v) is 11.3. The lowest BCUT2D eigenvalue weighted by molar-refractivity contribution is -0.294. The van der Waals surface area contributed by atoms with Crippen molar-refractivity contribution in [3.05, 3.63) is 35.9 Å². The maximum atomic E-state index is 10.9. The Morgan fingerprint density at radius 2 is 1.77 bits per heavy atom. The Labute approximate surface area is 125 Å². The number of hydrogen-bond donors (Lipinski definition) is 5. The molecular formula is C13H16N2O7. The molecule has 0 amide bonds. The van der Waals surface area contributed by atoms with Crippen LogP contribution in [-0.2, 0) is 14.4 Å². The third-order valence-corrected chi connectivity index (χ3v) is 3.14. The number of carboxylic acids is 1. The van der Waals surface area contributed by atoms with Crippen molar-refractivity contribution in [1.29, 1.82) is 0 Å². The zero-order valence-electron chi connectivity index (χ0n) is 11.3. The molecule has 0 radical (unpaired) electrons. The van der Waals surface area contributed by atoms with Gasteiger partial charge in [0.25, 0.3) is 6.29 Å². The van der Waals surface area contributed by atoms with E-state index in [1.807, 2.05) is 0 Å². The van der Waals surface area contributed by atoms with Crippen LogP contribution in [0.5, 0.6) is 0 Å². The molecule has 0 aliphatic carbocycles. The summed E-state index contributed by atoms with van der Waals surface area (Å²) >= 11 is 0. The number of carboxylic acid groups (broad SMARTS) is 1. The monoisotopic (exact) mass is 312 g/mol. The molecule has 1 aliphatic heterocycles. The molecule has 9 heteroatoms. The summed E-state index contributed by atoms with van der Waals surface area (Å²) in [6.07, 6.45) is -8.56. The average molecular weight is 312 g/mol. The normalized spacial score (nSPS) is 32.5. The molecule has 1 aliphatic rings. The van der Waals surface area contributed by atoms with Crippen molar-refractivity contribution in [1.82, 2.24) is 0 Å². The lowest BCUT2D eigenvalue weighted by Gasteiger charge is -2.37. The number of benzene rings is 1. The number of aliphatic hydroxyl groups excluding tert-OH is 3. The van der Waals surface area contributed by atoms with Crippen molar-refractivity contribution >= 4 is 11.8 Å². The number of hydrogen-bond acceptors (Lipinski definition) is 7. The van der Waals surface area contributed by atoms with Crippen molar-refractivity contribution < 1.29 is 34.8 Å². The highest BCUT2D eigenvalue weighted by atomic mass is 16.8. The van der Waals surface area contributed by atoms with Crippen LogP contribution in [0, 0.1) is 0 Å². The summed E-state index contributed by atoms with van der Waals surface area (Å²) in [6, 6.07) is 8.56. The molecule has 120 valence electrons. The van der Waals surface area contributed by atoms with Gasteiger partial charge in [-0.25, -0.2) is 4.79 Å². The highest BCUT2D eigenvalue weighted by Crippen LogP contribution is 2.22. The number of nitrogens with zero attached hydrogens (tertiary/aromatic N) is 1. The molecule has 0 bridgehead atoms. The molecule has 22 heavy (non-hydrogen) atoms. The average Bonchev–Trinajstić information content (AvgIpc) is 2.52. The van der Waals surface area contributed by atoms with E-state index in [2.05, 4.69) is 5.16 Å². The van der Waals surface area contributed by atoms with E-state index in [0.717, 1.165) is 0 Å². The first kappa shape index (κ1) is 16.2. The van der Waals surface area contributed by atoms with E-state index in [1.165, 1.54) is 0 Å². The summed E-state index contributed by atoms with van der Waals surface area (Å²) in [6.45, 7) is 0. The van der Waals surface area contributed by atoms with Crippen molar-refractivity contribution in [3.8, 4) is 0 Å². The van der Waals surface area contributed by atoms with Crippen LogP contribution >= 0.6 is 0 Å². The predicted octanol–water partition coefficient (Wildman–Crippen LogP) is -1.78. The standard InChI is InChI=1S/C13H16N2O7/c14-11(6-4-2-1-3-5-6)15-22-13-9(18)7(16)8(17)10(21-13)12(19)20/h1-5,7-10,13,16-18H,(H2,14,15)(H,19,20)/t7-,8-,9+,10-,13?/m0/s1. The number of rotatable bonds is 4. The molecule has 1 aromatic carbocycles. The van der Waals surface area contributed by atoms with E-state index >= 15 is 0 Å². The van der Waals surface area contributed by atoms with E-state index < -0.39 is 36.7 Å². The van der Waals surface area contributed by atoms with Crippen LogP contribution in [0.3, 0.4) is 0 Å². The highest BCUT2D eigenvalue weighted by molar-refractivity contribution is 5.96. The first-order valence-electron chi connectivity index (χ1n) is 6.39. The van der Waals surface area contributed by atoms with Gasteiger partial charge in [0.15, 0.2) is 11.9 Å². The summed E-state index contributed by atoms with van der Waals surface area (Å²) < 4.78 is 4.88. The molecule has 2 rings (SSSR count). The fraction of sp³-hybridized carbons (Fsp3) is 0.385. The van der Waals surface area contributed by atoms with Crippen molar-refractivity contribution in [2.45, 2.75) is 30.7 Å². The number of aliphatic hydroxyl groups is 3. The minimum Gasteiger partial charge on any atom is -0.479 e. The Morgan fingerprint density at radius 3 is 2.36 bits per heavy atom. The second-order valence-electron chi connectivity index (χ2n) is 4.68. The lowest BCUT2D eigenvalue weighted by Crippen LogP contribution is -2.60. The molecule has 1 fully saturated rings. The quantitative estimate of drug-likeness (QED) is 0.248. The minimum absolute atomic E-state index is 0.0242. The van der Waals surface area contributed by atoms with Gasteiger partial charge in [-0.3, -0.25) is 0 Å². The third kappa shape index (κ3) is 3.34. The van der Waals surface area contributed by atoms with E-state index in [9.17, 15) is 20.1 Å². The molecule has 9 nitrogen and oxygen atoms in total. The highest BCUT2D eigenvalue weighted by Gasteiger charge is 2.48. The number of carbonyl (C=O) groups is 1. The van der Waals surface area contributed by atoms with E-state index in [1.54, 1.807) is 30.3 Å². The van der Waals surface area contributed by atoms with Gasteiger partial charge in [0.2, 0.25) is 0 Å². The van der Waals surface area contributed by atoms with Crippen LogP contribution in [0.25, 0.3) is 0 Å². The maximum absolute atomic E-state index is 10.9. The number of oxime groups is 1. The Kier molecular flexibility index (Phi) is 4.93. The summed E-state index contributed by atoms with van der Waals surface area (Å²) in [4.78, 5) is 15.8. The number of aliphatic carboxylic acids is 1. The zero-order chi connectivity index (χ0) is 16.3. The van der Waals surface area contributed by atoms with Gasteiger partial charge in [-0.2, -0.15) is 0 Å². The van der Waals surface area contributed by atoms with Crippen LogP contribution in [0.4, 0.5) is 0 Å². The number of nitrogens with two attached hydrogens (primary N) is 1. The minimum atomic E-state index is -1.79. The molecule has 1 unspecified atom stereocenters. The van der Waals surface area contributed by atoms with Gasteiger partial charge >= 0.3 is 5.97 Å². The smallest absolute Gasteiger partial charge is 0.335 e. The molecule has 1 heterocycles.